The van der Waals surface area contributed by atoms with Gasteiger partial charge in [-0.2, -0.15) is 13.2 Å². The molecule has 1 aliphatic rings. The maximum atomic E-state index is 12.7. The van der Waals surface area contributed by atoms with Crippen molar-refractivity contribution in [2.75, 3.05) is 11.9 Å². The standard InChI is InChI=1S/C16H18F3N5O/c1-10-4-12(7-20-5-10)22-15(25)21-6-11-2-3-14-23-13(16(17,18)19)9-24(14)8-11/h4-5,7,9,11H,2-3,6,8H2,1H3,(H2,21,22,25)/t11-/m0/s1. The van der Waals surface area contributed by atoms with E-state index in [1.54, 1.807) is 18.5 Å². The normalized spacial score (nSPS) is 17.0. The number of aryl methyl sites for hydroxylation is 2. The fourth-order valence-electron chi connectivity index (χ4n) is 2.85. The Morgan fingerprint density at radius 3 is 2.92 bits per heavy atom. The summed E-state index contributed by atoms with van der Waals surface area (Å²) in [5.74, 6) is 0.503. The highest BCUT2D eigenvalue weighted by Gasteiger charge is 2.35. The molecule has 0 saturated heterocycles. The van der Waals surface area contributed by atoms with Crippen LogP contribution in [-0.4, -0.2) is 27.1 Å². The van der Waals surface area contributed by atoms with Crippen molar-refractivity contribution in [3.63, 3.8) is 0 Å². The van der Waals surface area contributed by atoms with Crippen molar-refractivity contribution < 1.29 is 18.0 Å². The zero-order chi connectivity index (χ0) is 18.0. The first-order valence-corrected chi connectivity index (χ1v) is 7.91. The van der Waals surface area contributed by atoms with Gasteiger partial charge in [-0.15, -0.1) is 0 Å². The minimum Gasteiger partial charge on any atom is -0.338 e. The molecule has 2 aromatic rings. The van der Waals surface area contributed by atoms with Crippen molar-refractivity contribution in [3.8, 4) is 0 Å². The number of fused-ring (bicyclic) bond motifs is 1. The Balaban J connectivity index is 1.53. The molecule has 0 bridgehead atoms. The van der Waals surface area contributed by atoms with Crippen molar-refractivity contribution in [1.82, 2.24) is 19.9 Å². The number of carbonyl (C=O) groups is 1. The summed E-state index contributed by atoms with van der Waals surface area (Å²) in [6.45, 7) is 2.66. The molecule has 134 valence electrons. The second-order valence-corrected chi connectivity index (χ2v) is 6.18. The van der Waals surface area contributed by atoms with E-state index in [2.05, 4.69) is 20.6 Å². The monoisotopic (exact) mass is 353 g/mol. The number of hydrogen-bond acceptors (Lipinski definition) is 3. The lowest BCUT2D eigenvalue weighted by Crippen LogP contribution is -2.36. The highest BCUT2D eigenvalue weighted by Crippen LogP contribution is 2.30. The largest absolute Gasteiger partial charge is 0.434 e. The van der Waals surface area contributed by atoms with E-state index >= 15 is 0 Å². The van der Waals surface area contributed by atoms with Crippen LogP contribution >= 0.6 is 0 Å². The molecule has 3 heterocycles. The lowest BCUT2D eigenvalue weighted by Gasteiger charge is -2.23. The van der Waals surface area contributed by atoms with Crippen LogP contribution in [0.15, 0.2) is 24.7 Å². The van der Waals surface area contributed by atoms with Crippen LogP contribution in [-0.2, 0) is 19.1 Å². The van der Waals surface area contributed by atoms with E-state index in [1.807, 2.05) is 6.92 Å². The van der Waals surface area contributed by atoms with Gasteiger partial charge in [0.25, 0.3) is 0 Å². The third kappa shape index (κ3) is 4.28. The van der Waals surface area contributed by atoms with Gasteiger partial charge in [0.1, 0.15) is 5.82 Å². The Kier molecular flexibility index (Phi) is 4.65. The number of nitrogens with one attached hydrogen (secondary N) is 2. The van der Waals surface area contributed by atoms with E-state index < -0.39 is 11.9 Å². The van der Waals surface area contributed by atoms with Crippen molar-refractivity contribution in [1.29, 1.82) is 0 Å². The van der Waals surface area contributed by atoms with Crippen LogP contribution in [0.5, 0.6) is 0 Å². The Labute approximate surface area is 142 Å². The van der Waals surface area contributed by atoms with Gasteiger partial charge >= 0.3 is 12.2 Å². The minimum atomic E-state index is -4.43. The fraction of sp³-hybridized carbons (Fsp3) is 0.438. The molecule has 0 fully saturated rings. The molecule has 1 atom stereocenters. The molecule has 2 N–H and O–H groups in total. The molecular weight excluding hydrogens is 335 g/mol. The van der Waals surface area contributed by atoms with E-state index in [4.69, 9.17) is 0 Å². The Hall–Kier alpha value is -2.58. The van der Waals surface area contributed by atoms with E-state index in [9.17, 15) is 18.0 Å². The van der Waals surface area contributed by atoms with E-state index in [0.717, 1.165) is 11.8 Å². The predicted molar refractivity (Wildman–Crippen MR) is 85.0 cm³/mol. The highest BCUT2D eigenvalue weighted by atomic mass is 19.4. The number of imidazole rings is 1. The quantitative estimate of drug-likeness (QED) is 0.891. The van der Waals surface area contributed by atoms with Gasteiger partial charge in [0.05, 0.1) is 11.9 Å². The molecule has 2 aromatic heterocycles. The maximum Gasteiger partial charge on any atom is 0.434 e. The maximum absolute atomic E-state index is 12.7. The van der Waals surface area contributed by atoms with Gasteiger partial charge in [-0.05, 0) is 30.9 Å². The molecule has 1 aliphatic heterocycles. The number of hydrogen-bond donors (Lipinski definition) is 2. The van der Waals surface area contributed by atoms with Crippen molar-refractivity contribution in [2.45, 2.75) is 32.5 Å². The summed E-state index contributed by atoms with van der Waals surface area (Å²) in [6, 6.07) is 1.43. The Bertz CT molecular complexity index is 771. The second kappa shape index (κ2) is 6.73. The molecule has 0 radical (unpaired) electrons. The van der Waals surface area contributed by atoms with Gasteiger partial charge in [0, 0.05) is 31.9 Å². The topological polar surface area (TPSA) is 71.8 Å². The van der Waals surface area contributed by atoms with Gasteiger partial charge in [-0.3, -0.25) is 4.98 Å². The van der Waals surface area contributed by atoms with Crippen LogP contribution in [0.2, 0.25) is 0 Å². The van der Waals surface area contributed by atoms with Crippen LogP contribution in [0.3, 0.4) is 0 Å². The number of rotatable bonds is 3. The van der Waals surface area contributed by atoms with Gasteiger partial charge in [-0.1, -0.05) is 0 Å². The first-order valence-electron chi connectivity index (χ1n) is 7.91. The Morgan fingerprint density at radius 2 is 2.20 bits per heavy atom. The van der Waals surface area contributed by atoms with Crippen LogP contribution in [0.25, 0.3) is 0 Å². The van der Waals surface area contributed by atoms with Crippen molar-refractivity contribution in [3.05, 3.63) is 41.7 Å². The summed E-state index contributed by atoms with van der Waals surface area (Å²) in [4.78, 5) is 19.6. The molecule has 2 amide bonds. The van der Waals surface area contributed by atoms with E-state index in [-0.39, 0.29) is 11.9 Å². The molecular formula is C16H18F3N5O. The SMILES string of the molecule is Cc1cncc(NC(=O)NC[C@@H]2CCc3nc(C(F)(F)F)cn3C2)c1. The third-order valence-corrected chi connectivity index (χ3v) is 4.06. The van der Waals surface area contributed by atoms with Gasteiger partial charge < -0.3 is 15.2 Å². The molecule has 25 heavy (non-hydrogen) atoms. The molecule has 0 saturated carbocycles. The molecule has 9 heteroatoms. The second-order valence-electron chi connectivity index (χ2n) is 6.18. The first-order chi connectivity index (χ1) is 11.8. The third-order valence-electron chi connectivity index (χ3n) is 4.06. The number of amides is 2. The summed E-state index contributed by atoms with van der Waals surface area (Å²) in [5.41, 5.74) is 0.659. The van der Waals surface area contributed by atoms with E-state index in [0.29, 0.717) is 37.4 Å². The van der Waals surface area contributed by atoms with Crippen molar-refractivity contribution >= 4 is 11.7 Å². The van der Waals surface area contributed by atoms with Crippen LogP contribution in [0.1, 0.15) is 23.5 Å². The predicted octanol–water partition coefficient (Wildman–Crippen LogP) is 2.99. The average Bonchev–Trinajstić information content (AvgIpc) is 2.96. The number of alkyl halides is 3. The first kappa shape index (κ1) is 17.2. The Morgan fingerprint density at radius 1 is 1.40 bits per heavy atom. The van der Waals surface area contributed by atoms with Crippen LogP contribution in [0, 0.1) is 12.8 Å². The van der Waals surface area contributed by atoms with Gasteiger partial charge in [0.15, 0.2) is 5.69 Å². The fourth-order valence-corrected chi connectivity index (χ4v) is 2.85. The van der Waals surface area contributed by atoms with Crippen LogP contribution < -0.4 is 10.6 Å². The summed E-state index contributed by atoms with van der Waals surface area (Å²) >= 11 is 0. The number of nitrogens with zero attached hydrogens (tertiary/aromatic N) is 3. The zero-order valence-corrected chi connectivity index (χ0v) is 13.6. The summed E-state index contributed by atoms with van der Waals surface area (Å²) in [6.07, 6.45) is 0.985. The van der Waals surface area contributed by atoms with Gasteiger partial charge in [-0.25, -0.2) is 9.78 Å². The lowest BCUT2D eigenvalue weighted by molar-refractivity contribution is -0.141. The lowest BCUT2D eigenvalue weighted by atomic mass is 9.99. The molecule has 3 rings (SSSR count). The number of carbonyl (C=O) groups excluding carboxylic acids is 1. The summed E-state index contributed by atoms with van der Waals surface area (Å²) in [7, 11) is 0. The average molecular weight is 353 g/mol. The molecule has 6 nitrogen and oxygen atoms in total. The molecule has 0 unspecified atom stereocenters. The zero-order valence-electron chi connectivity index (χ0n) is 13.6. The molecule has 0 aromatic carbocycles. The van der Waals surface area contributed by atoms with Gasteiger partial charge in [0.2, 0.25) is 0 Å². The number of aromatic nitrogens is 3. The minimum absolute atomic E-state index is 0.0594. The molecule has 0 spiro atoms. The number of urea groups is 1. The number of halogens is 3. The smallest absolute Gasteiger partial charge is 0.338 e. The number of anilines is 1. The highest BCUT2D eigenvalue weighted by molar-refractivity contribution is 5.89. The van der Waals surface area contributed by atoms with Crippen LogP contribution in [0.4, 0.5) is 23.7 Å². The summed E-state index contributed by atoms with van der Waals surface area (Å²) < 4.78 is 39.7. The molecule has 0 aliphatic carbocycles. The summed E-state index contributed by atoms with van der Waals surface area (Å²) in [5, 5.41) is 5.44. The van der Waals surface area contributed by atoms with Crippen molar-refractivity contribution in [2.24, 2.45) is 5.92 Å². The van der Waals surface area contributed by atoms with E-state index in [1.165, 1.54) is 4.57 Å². The number of pyridine rings is 1.